The van der Waals surface area contributed by atoms with Gasteiger partial charge in [0.05, 0.1) is 34.1 Å². The van der Waals surface area contributed by atoms with Gasteiger partial charge < -0.3 is 19.1 Å². The van der Waals surface area contributed by atoms with Crippen LogP contribution in [0.1, 0.15) is 72.2 Å². The molecule has 1 aromatic heterocycles. The molecule has 0 saturated heterocycles. The van der Waals surface area contributed by atoms with E-state index in [0.29, 0.717) is 5.69 Å². The van der Waals surface area contributed by atoms with E-state index in [1.165, 1.54) is 16.0 Å². The highest BCUT2D eigenvalue weighted by molar-refractivity contribution is 5.93. The molecular formula is C29H38N5O4+. The molecule has 0 spiro atoms. The number of amides is 1. The van der Waals surface area contributed by atoms with Gasteiger partial charge in [-0.25, -0.2) is 5.43 Å². The van der Waals surface area contributed by atoms with Crippen LogP contribution >= 0.6 is 0 Å². The standard InChI is InChI=1S/C29H37N5O4/c1-18-22-14-26(38-7)25(37-6)13-20(22)10-11-34(18)17-21-12-19(8-9-24(21)36-5)16-30-33-28(35)23-15-27(32-31-23)29(2,3)4/h8-9,12-16,18H,10-11,17H2,1-7H3,(H,31,32)(H,33,35)/p+1. The van der Waals surface area contributed by atoms with Crippen LogP contribution in [0.2, 0.25) is 0 Å². The Bertz CT molecular complexity index is 1320. The number of ether oxygens (including phenoxy) is 3. The quantitative estimate of drug-likeness (QED) is 0.313. The molecule has 2 atom stereocenters. The third-order valence-corrected chi connectivity index (χ3v) is 7.16. The zero-order valence-corrected chi connectivity index (χ0v) is 23.3. The molecule has 4 rings (SSSR count). The number of quaternary nitrogens is 1. The molecule has 202 valence electrons. The molecule has 0 bridgehead atoms. The van der Waals surface area contributed by atoms with E-state index >= 15 is 0 Å². The van der Waals surface area contributed by atoms with Crippen LogP contribution in [0.4, 0.5) is 0 Å². The molecule has 0 fully saturated rings. The minimum atomic E-state index is -0.362. The topological polar surface area (TPSA) is 102 Å². The fourth-order valence-electron chi connectivity index (χ4n) is 4.84. The van der Waals surface area contributed by atoms with Gasteiger partial charge in [0.15, 0.2) is 17.2 Å². The average Bonchev–Trinajstić information content (AvgIpc) is 3.41. The molecule has 1 amide bonds. The molecule has 9 nitrogen and oxygen atoms in total. The number of hydrazone groups is 1. The lowest BCUT2D eigenvalue weighted by atomic mass is 9.92. The van der Waals surface area contributed by atoms with Crippen molar-refractivity contribution in [2.45, 2.75) is 52.1 Å². The highest BCUT2D eigenvalue weighted by Gasteiger charge is 2.30. The Morgan fingerprint density at radius 1 is 1.11 bits per heavy atom. The number of hydrogen-bond acceptors (Lipinski definition) is 6. The third kappa shape index (κ3) is 5.83. The summed E-state index contributed by atoms with van der Waals surface area (Å²) in [5.41, 5.74) is 8.17. The summed E-state index contributed by atoms with van der Waals surface area (Å²) in [6.07, 6.45) is 2.59. The van der Waals surface area contributed by atoms with E-state index in [1.54, 1.807) is 33.6 Å². The van der Waals surface area contributed by atoms with Crippen LogP contribution < -0.4 is 24.5 Å². The number of aromatic amines is 1. The summed E-state index contributed by atoms with van der Waals surface area (Å²) < 4.78 is 16.7. The first kappa shape index (κ1) is 27.2. The van der Waals surface area contributed by atoms with Crippen molar-refractivity contribution < 1.29 is 23.9 Å². The Morgan fingerprint density at radius 3 is 2.47 bits per heavy atom. The van der Waals surface area contributed by atoms with Gasteiger partial charge in [0, 0.05) is 28.7 Å². The lowest BCUT2D eigenvalue weighted by Crippen LogP contribution is -3.11. The van der Waals surface area contributed by atoms with Crippen molar-refractivity contribution in [3.63, 3.8) is 0 Å². The Labute approximate surface area is 224 Å². The van der Waals surface area contributed by atoms with Gasteiger partial charge in [0.2, 0.25) is 0 Å². The van der Waals surface area contributed by atoms with Crippen molar-refractivity contribution in [3.8, 4) is 17.2 Å². The smallest absolute Gasteiger partial charge is 0.291 e. The van der Waals surface area contributed by atoms with Crippen molar-refractivity contribution in [1.29, 1.82) is 0 Å². The number of nitrogens with one attached hydrogen (secondary N) is 3. The van der Waals surface area contributed by atoms with Gasteiger partial charge in [0.1, 0.15) is 18.3 Å². The molecule has 1 aliphatic heterocycles. The number of hydrogen-bond donors (Lipinski definition) is 3. The predicted octanol–water partition coefficient (Wildman–Crippen LogP) is 3.20. The third-order valence-electron chi connectivity index (χ3n) is 7.16. The minimum absolute atomic E-state index is 0.122. The monoisotopic (exact) mass is 520 g/mol. The molecule has 1 aliphatic rings. The second kappa shape index (κ2) is 11.3. The van der Waals surface area contributed by atoms with Gasteiger partial charge in [-0.15, -0.1) is 0 Å². The van der Waals surface area contributed by atoms with Crippen molar-refractivity contribution in [2.24, 2.45) is 5.10 Å². The van der Waals surface area contributed by atoms with Gasteiger partial charge in [-0.3, -0.25) is 9.89 Å². The summed E-state index contributed by atoms with van der Waals surface area (Å²) in [6, 6.07) is 12.1. The van der Waals surface area contributed by atoms with E-state index in [9.17, 15) is 4.79 Å². The second-order valence-electron chi connectivity index (χ2n) is 10.6. The maximum absolute atomic E-state index is 12.5. The summed E-state index contributed by atoms with van der Waals surface area (Å²) >= 11 is 0. The molecule has 3 aromatic rings. The SMILES string of the molecule is COc1ccc(C=NNC(=O)c2cc(C(C)(C)C)[nH]n2)cc1C[NH+]1CCc2cc(OC)c(OC)cc2C1C. The van der Waals surface area contributed by atoms with Gasteiger partial charge in [-0.2, -0.15) is 10.2 Å². The van der Waals surface area contributed by atoms with Crippen LogP contribution in [-0.2, 0) is 18.4 Å². The fraction of sp³-hybridized carbons (Fsp3) is 0.414. The average molecular weight is 521 g/mol. The lowest BCUT2D eigenvalue weighted by Gasteiger charge is -2.33. The molecule has 38 heavy (non-hydrogen) atoms. The summed E-state index contributed by atoms with van der Waals surface area (Å²) in [5, 5.41) is 11.2. The van der Waals surface area contributed by atoms with Crippen LogP contribution in [-0.4, -0.2) is 50.2 Å². The molecule has 0 radical (unpaired) electrons. The van der Waals surface area contributed by atoms with E-state index in [4.69, 9.17) is 14.2 Å². The van der Waals surface area contributed by atoms with Gasteiger partial charge >= 0.3 is 0 Å². The van der Waals surface area contributed by atoms with Crippen molar-refractivity contribution in [2.75, 3.05) is 27.9 Å². The fourth-order valence-corrected chi connectivity index (χ4v) is 4.84. The van der Waals surface area contributed by atoms with Crippen LogP contribution in [0.3, 0.4) is 0 Å². The molecule has 2 unspecified atom stereocenters. The van der Waals surface area contributed by atoms with Gasteiger partial charge in [-0.05, 0) is 54.4 Å². The zero-order valence-electron chi connectivity index (χ0n) is 23.3. The lowest BCUT2D eigenvalue weighted by molar-refractivity contribution is -0.945. The number of benzene rings is 2. The van der Waals surface area contributed by atoms with Crippen LogP contribution in [0.5, 0.6) is 17.2 Å². The van der Waals surface area contributed by atoms with Crippen LogP contribution in [0.15, 0.2) is 41.5 Å². The van der Waals surface area contributed by atoms with E-state index < -0.39 is 0 Å². The maximum Gasteiger partial charge on any atom is 0.291 e. The van der Waals surface area contributed by atoms with E-state index in [-0.39, 0.29) is 17.4 Å². The van der Waals surface area contributed by atoms with E-state index in [0.717, 1.165) is 53.6 Å². The van der Waals surface area contributed by atoms with Crippen molar-refractivity contribution in [1.82, 2.24) is 15.6 Å². The van der Waals surface area contributed by atoms with Gasteiger partial charge in [-0.1, -0.05) is 20.8 Å². The number of fused-ring (bicyclic) bond motifs is 1. The molecule has 2 aromatic carbocycles. The molecule has 2 heterocycles. The molecule has 0 saturated carbocycles. The summed E-state index contributed by atoms with van der Waals surface area (Å²) in [5.74, 6) is 1.99. The predicted molar refractivity (Wildman–Crippen MR) is 147 cm³/mol. The Balaban J connectivity index is 1.47. The number of H-pyrrole nitrogens is 1. The number of carbonyl (C=O) groups is 1. The van der Waals surface area contributed by atoms with E-state index in [2.05, 4.69) is 66.6 Å². The highest BCUT2D eigenvalue weighted by Crippen LogP contribution is 2.34. The molecule has 9 heteroatoms. The molecule has 0 aliphatic carbocycles. The molecule has 3 N–H and O–H groups in total. The first-order chi connectivity index (χ1) is 18.1. The Morgan fingerprint density at radius 2 is 1.82 bits per heavy atom. The van der Waals surface area contributed by atoms with Crippen molar-refractivity contribution in [3.05, 3.63) is 70.0 Å². The van der Waals surface area contributed by atoms with Crippen molar-refractivity contribution >= 4 is 12.1 Å². The summed E-state index contributed by atoms with van der Waals surface area (Å²) in [4.78, 5) is 13.9. The first-order valence-electron chi connectivity index (χ1n) is 12.8. The van der Waals surface area contributed by atoms with E-state index in [1.807, 2.05) is 12.1 Å². The summed E-state index contributed by atoms with van der Waals surface area (Å²) in [6.45, 7) is 10.2. The van der Waals surface area contributed by atoms with Crippen LogP contribution in [0, 0.1) is 0 Å². The molecular weight excluding hydrogens is 482 g/mol. The normalized spacial score (nSPS) is 17.2. The highest BCUT2D eigenvalue weighted by atomic mass is 16.5. The Kier molecular flexibility index (Phi) is 8.06. The number of aromatic nitrogens is 2. The number of methoxy groups -OCH3 is 3. The Hall–Kier alpha value is -3.85. The summed E-state index contributed by atoms with van der Waals surface area (Å²) in [7, 11) is 5.02. The number of rotatable bonds is 8. The zero-order chi connectivity index (χ0) is 27.4. The number of nitrogens with zero attached hydrogens (tertiary/aromatic N) is 2. The number of carbonyl (C=O) groups excluding carboxylic acids is 1. The van der Waals surface area contributed by atoms with Crippen LogP contribution in [0.25, 0.3) is 0 Å². The van der Waals surface area contributed by atoms with Gasteiger partial charge in [0.25, 0.3) is 5.91 Å². The maximum atomic E-state index is 12.5. The largest absolute Gasteiger partial charge is 0.496 e. The second-order valence-corrected chi connectivity index (χ2v) is 10.6. The first-order valence-corrected chi connectivity index (χ1v) is 12.8. The minimum Gasteiger partial charge on any atom is -0.496 e.